The molecule has 6 nitrogen and oxygen atoms in total. The Kier molecular flexibility index (Phi) is 4.01. The minimum Gasteiger partial charge on any atom is -0.497 e. The van der Waals surface area contributed by atoms with Crippen molar-refractivity contribution in [2.45, 2.75) is 12.8 Å². The fraction of sp³-hybridized carbons (Fsp3) is 0.357. The number of anilines is 1. The molecule has 1 aromatic carbocycles. The lowest BCUT2D eigenvalue weighted by Gasteiger charge is -2.02. The van der Waals surface area contributed by atoms with E-state index in [-0.39, 0.29) is 6.03 Å². The van der Waals surface area contributed by atoms with Crippen LogP contribution in [-0.4, -0.2) is 29.9 Å². The molecule has 1 aromatic heterocycles. The van der Waals surface area contributed by atoms with E-state index in [1.165, 1.54) is 24.2 Å². The minimum atomic E-state index is -0.223. The second kappa shape index (κ2) is 6.09. The van der Waals surface area contributed by atoms with Gasteiger partial charge in [-0.25, -0.2) is 4.79 Å². The van der Waals surface area contributed by atoms with Crippen LogP contribution in [0.15, 0.2) is 24.3 Å². The summed E-state index contributed by atoms with van der Waals surface area (Å²) in [6, 6.07) is 7.34. The number of amides is 2. The molecule has 0 unspecified atom stereocenters. The minimum absolute atomic E-state index is 0.223. The van der Waals surface area contributed by atoms with Crippen LogP contribution >= 0.6 is 11.3 Å². The van der Waals surface area contributed by atoms with E-state index >= 15 is 0 Å². The third-order valence-electron chi connectivity index (χ3n) is 3.23. The second-order valence-electron chi connectivity index (χ2n) is 4.92. The Morgan fingerprint density at radius 1 is 1.33 bits per heavy atom. The van der Waals surface area contributed by atoms with Crippen molar-refractivity contribution in [1.29, 1.82) is 0 Å². The van der Waals surface area contributed by atoms with Gasteiger partial charge in [0.1, 0.15) is 10.8 Å². The summed E-state index contributed by atoms with van der Waals surface area (Å²) in [4.78, 5) is 11.7. The number of carbonyl (C=O) groups is 1. The fourth-order valence-electron chi connectivity index (χ4n) is 1.82. The maximum Gasteiger partial charge on any atom is 0.321 e. The second-order valence-corrected chi connectivity index (χ2v) is 5.90. The molecule has 2 amide bonds. The molecule has 0 bridgehead atoms. The number of ether oxygens (including phenoxy) is 1. The summed E-state index contributed by atoms with van der Waals surface area (Å²) in [6.45, 7) is 0.732. The molecule has 110 valence electrons. The quantitative estimate of drug-likeness (QED) is 0.890. The van der Waals surface area contributed by atoms with Gasteiger partial charge in [0.25, 0.3) is 0 Å². The number of benzene rings is 1. The summed E-state index contributed by atoms with van der Waals surface area (Å²) in [5, 5.41) is 14.9. The lowest BCUT2D eigenvalue weighted by Crippen LogP contribution is -2.30. The normalized spacial score (nSPS) is 13.8. The molecular formula is C14H16N4O2S. The van der Waals surface area contributed by atoms with Gasteiger partial charge in [-0.2, -0.15) is 0 Å². The Bertz CT molecular complexity index is 622. The summed E-state index contributed by atoms with van der Waals surface area (Å²) >= 11 is 1.34. The third kappa shape index (κ3) is 3.69. The largest absolute Gasteiger partial charge is 0.497 e. The first kappa shape index (κ1) is 13.8. The van der Waals surface area contributed by atoms with E-state index in [2.05, 4.69) is 20.8 Å². The average molecular weight is 304 g/mol. The zero-order valence-corrected chi connectivity index (χ0v) is 12.4. The van der Waals surface area contributed by atoms with Crippen molar-refractivity contribution in [3.05, 3.63) is 24.3 Å². The van der Waals surface area contributed by atoms with Crippen molar-refractivity contribution < 1.29 is 9.53 Å². The van der Waals surface area contributed by atoms with Gasteiger partial charge < -0.3 is 10.1 Å². The van der Waals surface area contributed by atoms with E-state index < -0.39 is 0 Å². The fourth-order valence-corrected chi connectivity index (χ4v) is 2.57. The van der Waals surface area contributed by atoms with Gasteiger partial charge in [-0.15, -0.1) is 10.2 Å². The molecule has 1 heterocycles. The van der Waals surface area contributed by atoms with Crippen LogP contribution < -0.4 is 15.4 Å². The van der Waals surface area contributed by atoms with Crippen molar-refractivity contribution in [3.63, 3.8) is 0 Å². The molecule has 21 heavy (non-hydrogen) atoms. The van der Waals surface area contributed by atoms with Crippen LogP contribution in [0.1, 0.15) is 12.8 Å². The van der Waals surface area contributed by atoms with Crippen LogP contribution in [0, 0.1) is 5.92 Å². The van der Waals surface area contributed by atoms with Crippen LogP contribution in [0.5, 0.6) is 5.75 Å². The highest BCUT2D eigenvalue weighted by Crippen LogP contribution is 2.28. The molecule has 7 heteroatoms. The lowest BCUT2D eigenvalue weighted by molar-refractivity contribution is 0.251. The molecule has 1 aliphatic rings. The van der Waals surface area contributed by atoms with Crippen LogP contribution in [0.4, 0.5) is 9.93 Å². The molecule has 3 rings (SSSR count). The van der Waals surface area contributed by atoms with Gasteiger partial charge in [0.15, 0.2) is 0 Å². The summed E-state index contributed by atoms with van der Waals surface area (Å²) in [5.41, 5.74) is 0.944. The van der Waals surface area contributed by atoms with Gasteiger partial charge in [-0.1, -0.05) is 11.3 Å². The first-order valence-electron chi connectivity index (χ1n) is 6.77. The van der Waals surface area contributed by atoms with Crippen molar-refractivity contribution in [3.8, 4) is 16.3 Å². The van der Waals surface area contributed by atoms with E-state index in [9.17, 15) is 4.79 Å². The number of nitrogens with one attached hydrogen (secondary N) is 2. The third-order valence-corrected chi connectivity index (χ3v) is 4.12. The van der Waals surface area contributed by atoms with Crippen LogP contribution in [0.2, 0.25) is 0 Å². The van der Waals surface area contributed by atoms with Crippen molar-refractivity contribution in [2.75, 3.05) is 19.0 Å². The summed E-state index contributed by atoms with van der Waals surface area (Å²) in [6.07, 6.45) is 2.42. The summed E-state index contributed by atoms with van der Waals surface area (Å²) in [7, 11) is 1.63. The molecule has 1 saturated carbocycles. The number of nitrogens with zero attached hydrogens (tertiary/aromatic N) is 2. The highest BCUT2D eigenvalue weighted by Gasteiger charge is 2.21. The topological polar surface area (TPSA) is 76.1 Å². The van der Waals surface area contributed by atoms with Gasteiger partial charge in [0.05, 0.1) is 7.11 Å². The molecule has 0 saturated heterocycles. The summed E-state index contributed by atoms with van der Waals surface area (Å²) < 4.78 is 5.12. The average Bonchev–Trinajstić information content (AvgIpc) is 3.23. The van der Waals surface area contributed by atoms with Crippen LogP contribution in [-0.2, 0) is 0 Å². The zero-order chi connectivity index (χ0) is 14.7. The van der Waals surface area contributed by atoms with Gasteiger partial charge >= 0.3 is 6.03 Å². The standard InChI is InChI=1S/C14H16N4O2S/c1-20-11-6-4-10(5-7-11)12-17-18-14(21-12)16-13(19)15-8-9-2-3-9/h4-7,9H,2-3,8H2,1H3,(H2,15,16,18,19). The van der Waals surface area contributed by atoms with Gasteiger partial charge in [0.2, 0.25) is 5.13 Å². The highest BCUT2D eigenvalue weighted by atomic mass is 32.1. The van der Waals surface area contributed by atoms with E-state index in [1.807, 2.05) is 24.3 Å². The number of rotatable bonds is 5. The Hall–Kier alpha value is -2.15. The van der Waals surface area contributed by atoms with Gasteiger partial charge in [0, 0.05) is 12.1 Å². The Balaban J connectivity index is 1.60. The molecule has 0 spiro atoms. The Morgan fingerprint density at radius 3 is 2.76 bits per heavy atom. The molecular weight excluding hydrogens is 288 g/mol. The number of hydrogen-bond acceptors (Lipinski definition) is 5. The molecule has 0 radical (unpaired) electrons. The highest BCUT2D eigenvalue weighted by molar-refractivity contribution is 7.18. The number of carbonyl (C=O) groups excluding carboxylic acids is 1. The molecule has 0 atom stereocenters. The van der Waals surface area contributed by atoms with E-state index in [4.69, 9.17) is 4.74 Å². The van der Waals surface area contributed by atoms with Crippen molar-refractivity contribution >= 4 is 22.5 Å². The first-order chi connectivity index (χ1) is 10.2. The molecule has 2 N–H and O–H groups in total. The van der Waals surface area contributed by atoms with E-state index in [0.717, 1.165) is 22.9 Å². The van der Waals surface area contributed by atoms with Crippen molar-refractivity contribution in [2.24, 2.45) is 5.92 Å². The maximum atomic E-state index is 11.7. The smallest absolute Gasteiger partial charge is 0.321 e. The molecule has 2 aromatic rings. The number of hydrogen-bond donors (Lipinski definition) is 2. The van der Waals surface area contributed by atoms with E-state index in [1.54, 1.807) is 7.11 Å². The predicted molar refractivity (Wildman–Crippen MR) is 81.6 cm³/mol. The van der Waals surface area contributed by atoms with E-state index in [0.29, 0.717) is 11.0 Å². The molecule has 1 fully saturated rings. The van der Waals surface area contributed by atoms with Crippen molar-refractivity contribution in [1.82, 2.24) is 15.5 Å². The predicted octanol–water partition coefficient (Wildman–Crippen LogP) is 2.75. The number of methoxy groups -OCH3 is 1. The monoisotopic (exact) mass is 304 g/mol. The first-order valence-corrected chi connectivity index (χ1v) is 7.59. The van der Waals surface area contributed by atoms with Crippen LogP contribution in [0.25, 0.3) is 10.6 Å². The maximum absolute atomic E-state index is 11.7. The van der Waals surface area contributed by atoms with Crippen LogP contribution in [0.3, 0.4) is 0 Å². The van der Waals surface area contributed by atoms with Gasteiger partial charge in [-0.05, 0) is 43.0 Å². The summed E-state index contributed by atoms with van der Waals surface area (Å²) in [5.74, 6) is 1.45. The SMILES string of the molecule is COc1ccc(-c2nnc(NC(=O)NCC3CC3)s2)cc1. The molecule has 0 aliphatic heterocycles. The Morgan fingerprint density at radius 2 is 2.10 bits per heavy atom. The van der Waals surface area contributed by atoms with Gasteiger partial charge in [-0.3, -0.25) is 5.32 Å². The Labute approximate surface area is 126 Å². The number of urea groups is 1. The zero-order valence-electron chi connectivity index (χ0n) is 11.6. The lowest BCUT2D eigenvalue weighted by atomic mass is 10.2. The number of aromatic nitrogens is 2. The molecule has 1 aliphatic carbocycles.